The minimum atomic E-state index is -0.132. The summed E-state index contributed by atoms with van der Waals surface area (Å²) in [6.07, 6.45) is 9.61. The van der Waals surface area contributed by atoms with E-state index in [2.05, 4.69) is 10.6 Å². The van der Waals surface area contributed by atoms with Gasteiger partial charge >= 0.3 is 0 Å². The molecule has 0 aromatic heterocycles. The molecule has 2 rings (SSSR count). The Balaban J connectivity index is 1.61. The molecule has 0 heterocycles. The van der Waals surface area contributed by atoms with Crippen LogP contribution in [-0.2, 0) is 4.79 Å². The zero-order valence-electron chi connectivity index (χ0n) is 14.2. The number of amides is 2. The molecular weight excluding hydrogens is 324 g/mol. The van der Waals surface area contributed by atoms with Gasteiger partial charge < -0.3 is 10.6 Å². The quantitative estimate of drug-likeness (QED) is 0.759. The van der Waals surface area contributed by atoms with E-state index in [0.717, 1.165) is 12.8 Å². The van der Waals surface area contributed by atoms with Gasteiger partial charge in [-0.15, -0.1) is 0 Å². The maximum absolute atomic E-state index is 12.0. The first-order valence-electron chi connectivity index (χ1n) is 8.98. The Morgan fingerprint density at radius 2 is 1.62 bits per heavy atom. The van der Waals surface area contributed by atoms with Gasteiger partial charge in [0.15, 0.2) is 0 Å². The molecule has 1 aliphatic carbocycles. The van der Waals surface area contributed by atoms with Crippen LogP contribution in [0.15, 0.2) is 24.3 Å². The van der Waals surface area contributed by atoms with E-state index in [-0.39, 0.29) is 11.8 Å². The van der Waals surface area contributed by atoms with Crippen LogP contribution in [0, 0.1) is 0 Å². The molecule has 24 heavy (non-hydrogen) atoms. The molecule has 132 valence electrons. The number of hydrogen-bond acceptors (Lipinski definition) is 2. The maximum atomic E-state index is 12.0. The van der Waals surface area contributed by atoms with Crippen molar-refractivity contribution in [3.8, 4) is 0 Å². The molecule has 5 heteroatoms. The molecule has 2 N–H and O–H groups in total. The van der Waals surface area contributed by atoms with Crippen molar-refractivity contribution < 1.29 is 9.59 Å². The van der Waals surface area contributed by atoms with E-state index < -0.39 is 0 Å². The molecule has 0 aliphatic heterocycles. The van der Waals surface area contributed by atoms with Gasteiger partial charge in [-0.1, -0.05) is 43.7 Å². The van der Waals surface area contributed by atoms with E-state index in [1.54, 1.807) is 24.3 Å². The molecule has 0 unspecified atom stereocenters. The van der Waals surface area contributed by atoms with Gasteiger partial charge in [0.2, 0.25) is 5.91 Å². The Hall–Kier alpha value is -1.55. The normalized spacial score (nSPS) is 16.0. The van der Waals surface area contributed by atoms with Crippen molar-refractivity contribution in [2.45, 2.75) is 63.8 Å². The van der Waals surface area contributed by atoms with E-state index >= 15 is 0 Å². The van der Waals surface area contributed by atoms with Gasteiger partial charge in [0, 0.05) is 29.6 Å². The lowest BCUT2D eigenvalue weighted by molar-refractivity contribution is -0.122. The lowest BCUT2D eigenvalue weighted by atomic mass is 9.96. The summed E-state index contributed by atoms with van der Waals surface area (Å²) in [7, 11) is 0. The summed E-state index contributed by atoms with van der Waals surface area (Å²) in [4.78, 5) is 24.0. The minimum Gasteiger partial charge on any atom is -0.353 e. The highest BCUT2D eigenvalue weighted by Gasteiger charge is 2.13. The maximum Gasteiger partial charge on any atom is 0.251 e. The van der Waals surface area contributed by atoms with Crippen molar-refractivity contribution in [2.24, 2.45) is 0 Å². The van der Waals surface area contributed by atoms with Crippen molar-refractivity contribution in [1.82, 2.24) is 10.6 Å². The zero-order valence-corrected chi connectivity index (χ0v) is 14.9. The second-order valence-electron chi connectivity index (χ2n) is 6.48. The van der Waals surface area contributed by atoms with Crippen LogP contribution >= 0.6 is 11.6 Å². The molecule has 1 aliphatic rings. The lowest BCUT2D eigenvalue weighted by Crippen LogP contribution is -2.35. The second kappa shape index (κ2) is 10.3. The number of benzene rings is 1. The monoisotopic (exact) mass is 350 g/mol. The smallest absolute Gasteiger partial charge is 0.251 e. The average molecular weight is 351 g/mol. The highest BCUT2D eigenvalue weighted by Crippen LogP contribution is 2.17. The molecule has 1 aromatic carbocycles. The van der Waals surface area contributed by atoms with Gasteiger partial charge in [0.25, 0.3) is 5.91 Å². The third kappa shape index (κ3) is 6.91. The molecule has 2 amide bonds. The Morgan fingerprint density at radius 1 is 1.00 bits per heavy atom. The third-order valence-corrected chi connectivity index (χ3v) is 4.69. The molecule has 0 atom stereocenters. The number of rotatable bonds is 6. The van der Waals surface area contributed by atoms with Crippen LogP contribution in [-0.4, -0.2) is 24.4 Å². The van der Waals surface area contributed by atoms with Crippen molar-refractivity contribution in [2.75, 3.05) is 6.54 Å². The molecule has 4 nitrogen and oxygen atoms in total. The van der Waals surface area contributed by atoms with Gasteiger partial charge in [-0.05, 0) is 43.5 Å². The molecule has 1 aromatic rings. The Kier molecular flexibility index (Phi) is 8.10. The highest BCUT2D eigenvalue weighted by atomic mass is 35.5. The van der Waals surface area contributed by atoms with Gasteiger partial charge in [-0.3, -0.25) is 9.59 Å². The van der Waals surface area contributed by atoms with Gasteiger partial charge in [0.1, 0.15) is 0 Å². The van der Waals surface area contributed by atoms with Gasteiger partial charge in [-0.25, -0.2) is 0 Å². The standard InChI is InChI=1S/C19H27ClN2O2/c20-16-12-10-15(11-13-16)19(24)21-14-6-9-18(23)22-17-7-4-2-1-3-5-8-17/h10-13,17H,1-9,14H2,(H,21,24)(H,22,23). The molecule has 1 fully saturated rings. The van der Waals surface area contributed by atoms with E-state index in [9.17, 15) is 9.59 Å². The largest absolute Gasteiger partial charge is 0.353 e. The molecule has 0 bridgehead atoms. The van der Waals surface area contributed by atoms with Crippen LogP contribution in [0.4, 0.5) is 0 Å². The van der Waals surface area contributed by atoms with E-state index in [0.29, 0.717) is 36.0 Å². The second-order valence-corrected chi connectivity index (χ2v) is 6.91. The topological polar surface area (TPSA) is 58.2 Å². The predicted octanol–water partition coefficient (Wildman–Crippen LogP) is 4.08. The van der Waals surface area contributed by atoms with Crippen LogP contribution in [0.1, 0.15) is 68.1 Å². The predicted molar refractivity (Wildman–Crippen MR) is 97.3 cm³/mol. The summed E-state index contributed by atoms with van der Waals surface area (Å²) < 4.78 is 0. The molecule has 0 saturated heterocycles. The average Bonchev–Trinajstić information content (AvgIpc) is 2.54. The number of carbonyl (C=O) groups excluding carboxylic acids is 2. The highest BCUT2D eigenvalue weighted by molar-refractivity contribution is 6.30. The van der Waals surface area contributed by atoms with Crippen LogP contribution in [0.2, 0.25) is 5.02 Å². The zero-order chi connectivity index (χ0) is 17.2. The van der Waals surface area contributed by atoms with E-state index in [1.807, 2.05) is 0 Å². The van der Waals surface area contributed by atoms with Crippen molar-refractivity contribution in [3.05, 3.63) is 34.9 Å². The summed E-state index contributed by atoms with van der Waals surface area (Å²) in [6, 6.07) is 7.11. The van der Waals surface area contributed by atoms with E-state index in [1.165, 1.54) is 32.1 Å². The fourth-order valence-corrected chi connectivity index (χ4v) is 3.18. The summed E-state index contributed by atoms with van der Waals surface area (Å²) in [5, 5.41) is 6.59. The van der Waals surface area contributed by atoms with E-state index in [4.69, 9.17) is 11.6 Å². The van der Waals surface area contributed by atoms with Crippen molar-refractivity contribution in [1.29, 1.82) is 0 Å². The number of carbonyl (C=O) groups is 2. The molecule has 0 spiro atoms. The minimum absolute atomic E-state index is 0.0984. The summed E-state index contributed by atoms with van der Waals surface area (Å²) in [6.45, 7) is 0.500. The van der Waals surface area contributed by atoms with Crippen LogP contribution in [0.25, 0.3) is 0 Å². The van der Waals surface area contributed by atoms with Crippen molar-refractivity contribution >= 4 is 23.4 Å². The third-order valence-electron chi connectivity index (χ3n) is 4.44. The summed E-state index contributed by atoms with van der Waals surface area (Å²) in [5.41, 5.74) is 0.582. The fraction of sp³-hybridized carbons (Fsp3) is 0.579. The molecule has 0 radical (unpaired) electrons. The summed E-state index contributed by atoms with van der Waals surface area (Å²) in [5.74, 6) is -0.0339. The van der Waals surface area contributed by atoms with Crippen LogP contribution < -0.4 is 10.6 Å². The number of hydrogen-bond donors (Lipinski definition) is 2. The van der Waals surface area contributed by atoms with Gasteiger partial charge in [0.05, 0.1) is 0 Å². The molecule has 1 saturated carbocycles. The fourth-order valence-electron chi connectivity index (χ4n) is 3.05. The number of halogens is 1. The Bertz CT molecular complexity index is 523. The van der Waals surface area contributed by atoms with Crippen LogP contribution in [0.3, 0.4) is 0 Å². The Labute approximate surface area is 149 Å². The lowest BCUT2D eigenvalue weighted by Gasteiger charge is -2.21. The number of nitrogens with one attached hydrogen (secondary N) is 2. The Morgan fingerprint density at radius 3 is 2.29 bits per heavy atom. The summed E-state index contributed by atoms with van der Waals surface area (Å²) >= 11 is 5.80. The van der Waals surface area contributed by atoms with Gasteiger partial charge in [-0.2, -0.15) is 0 Å². The first-order chi connectivity index (χ1) is 11.6. The molecular formula is C19H27ClN2O2. The van der Waals surface area contributed by atoms with Crippen LogP contribution in [0.5, 0.6) is 0 Å². The van der Waals surface area contributed by atoms with Crippen molar-refractivity contribution in [3.63, 3.8) is 0 Å². The first-order valence-corrected chi connectivity index (χ1v) is 9.36. The SMILES string of the molecule is O=C(CCCNC(=O)c1ccc(Cl)cc1)NC1CCCCCCC1. The first kappa shape index (κ1) is 18.8.